The van der Waals surface area contributed by atoms with Crippen molar-refractivity contribution in [3.63, 3.8) is 0 Å². The van der Waals surface area contributed by atoms with E-state index in [-0.39, 0.29) is 15.9 Å². The third-order valence-electron chi connectivity index (χ3n) is 4.28. The molecule has 2 saturated heterocycles. The van der Waals surface area contributed by atoms with Gasteiger partial charge in [-0.3, -0.25) is 0 Å². The van der Waals surface area contributed by atoms with Gasteiger partial charge in [-0.05, 0) is 0 Å². The number of rotatable bonds is 6. The molecule has 20 heavy (non-hydrogen) atoms. The normalized spacial score (nSPS) is 30.1. The van der Waals surface area contributed by atoms with Gasteiger partial charge in [0.2, 0.25) is 0 Å². The molecule has 3 rings (SSSR count). The van der Waals surface area contributed by atoms with Gasteiger partial charge in [-0.1, -0.05) is 0 Å². The standard InChI is InChI=1S/C13H22I2N2O3/c1-3-19-10(9-7-5-4-6-8-9)20-11(18)12(2,14)13-15(16-13)17-13/h9-10,16-17H,3-8H2,1-2H3. The van der Waals surface area contributed by atoms with E-state index in [0.29, 0.717) is 12.5 Å². The third-order valence-corrected chi connectivity index (χ3v) is 11.4. The van der Waals surface area contributed by atoms with Crippen LogP contribution < -0.4 is 7.06 Å². The second-order valence-corrected chi connectivity index (χ2v) is 12.2. The van der Waals surface area contributed by atoms with Crippen LogP contribution in [0.2, 0.25) is 0 Å². The zero-order valence-electron chi connectivity index (χ0n) is 11.9. The molecule has 116 valence electrons. The maximum atomic E-state index is 12.5. The number of carbonyl (C=O) groups is 1. The molecule has 7 heteroatoms. The predicted octanol–water partition coefficient (Wildman–Crippen LogP) is 2.86. The summed E-state index contributed by atoms with van der Waals surface area (Å²) in [5.74, 6) is 0.228. The molecule has 0 amide bonds. The molecule has 1 saturated carbocycles. The van der Waals surface area contributed by atoms with E-state index in [4.69, 9.17) is 9.47 Å². The van der Waals surface area contributed by atoms with Gasteiger partial charge in [-0.25, -0.2) is 0 Å². The van der Waals surface area contributed by atoms with E-state index < -0.39 is 23.8 Å². The molecule has 2 unspecified atom stereocenters. The van der Waals surface area contributed by atoms with Crippen molar-refractivity contribution in [3.05, 3.63) is 0 Å². The average Bonchev–Trinajstić information content (AvgIpc) is 3.28. The Bertz CT molecular complexity index is 393. The van der Waals surface area contributed by atoms with Gasteiger partial charge in [0, 0.05) is 0 Å². The zero-order chi connectivity index (χ0) is 14.4. The topological polar surface area (TPSA) is 79.4 Å². The summed E-state index contributed by atoms with van der Waals surface area (Å²) in [4.78, 5) is 12.5. The van der Waals surface area contributed by atoms with Gasteiger partial charge in [-0.15, -0.1) is 0 Å². The number of fused-ring (bicyclic) bond motifs is 1. The Morgan fingerprint density at radius 1 is 1.45 bits per heavy atom. The molecule has 5 nitrogen and oxygen atoms in total. The van der Waals surface area contributed by atoms with E-state index in [1.165, 1.54) is 19.3 Å². The van der Waals surface area contributed by atoms with Gasteiger partial charge in [0.15, 0.2) is 0 Å². The van der Waals surface area contributed by atoms with Crippen LogP contribution in [-0.2, 0) is 14.3 Å². The molecule has 0 spiro atoms. The fourth-order valence-electron chi connectivity index (χ4n) is 2.77. The monoisotopic (exact) mass is 508 g/mol. The first kappa shape index (κ1) is 15.7. The first-order chi connectivity index (χ1) is 9.51. The van der Waals surface area contributed by atoms with Crippen molar-refractivity contribution in [1.29, 1.82) is 0 Å². The van der Waals surface area contributed by atoms with Gasteiger partial charge in [0.1, 0.15) is 0 Å². The minimum atomic E-state index is -1.15. The Hall–Kier alpha value is 0.810. The second-order valence-electron chi connectivity index (χ2n) is 5.76. The molecule has 3 fully saturated rings. The first-order valence-electron chi connectivity index (χ1n) is 7.28. The Morgan fingerprint density at radius 2 is 2.05 bits per heavy atom. The molecular weight excluding hydrogens is 486 g/mol. The van der Waals surface area contributed by atoms with Crippen molar-refractivity contribution in [2.24, 2.45) is 5.92 Å². The van der Waals surface area contributed by atoms with Crippen molar-refractivity contribution in [1.82, 2.24) is 7.06 Å². The number of alkyl halides is 2. The summed E-state index contributed by atoms with van der Waals surface area (Å²) in [7, 11) is 0. The van der Waals surface area contributed by atoms with Crippen LogP contribution in [0.1, 0.15) is 46.0 Å². The van der Waals surface area contributed by atoms with Gasteiger partial charge in [-0.2, -0.15) is 0 Å². The summed E-state index contributed by atoms with van der Waals surface area (Å²) >= 11 is 1.08. The van der Waals surface area contributed by atoms with Gasteiger partial charge < -0.3 is 0 Å². The van der Waals surface area contributed by atoms with Crippen LogP contribution in [0.3, 0.4) is 0 Å². The van der Waals surface area contributed by atoms with Crippen LogP contribution in [0.25, 0.3) is 0 Å². The average molecular weight is 508 g/mol. The van der Waals surface area contributed by atoms with Crippen LogP contribution in [-0.4, -0.2) is 26.0 Å². The van der Waals surface area contributed by atoms with Crippen molar-refractivity contribution >= 4 is 48.9 Å². The van der Waals surface area contributed by atoms with Gasteiger partial charge in [0.05, 0.1) is 0 Å². The number of nitrogens with one attached hydrogen (secondary N) is 2. The predicted molar refractivity (Wildman–Crippen MR) is 93.5 cm³/mol. The van der Waals surface area contributed by atoms with Gasteiger partial charge in [0.25, 0.3) is 0 Å². The summed E-state index contributed by atoms with van der Waals surface area (Å²) in [6.07, 6.45) is 5.58. The fraction of sp³-hybridized carbons (Fsp3) is 0.923. The van der Waals surface area contributed by atoms with Crippen molar-refractivity contribution in [2.45, 2.75) is 59.3 Å². The Labute approximate surface area is 141 Å². The van der Waals surface area contributed by atoms with Crippen molar-refractivity contribution in [2.75, 3.05) is 6.61 Å². The number of carbonyl (C=O) groups excluding carboxylic acids is 1. The third kappa shape index (κ3) is 2.72. The van der Waals surface area contributed by atoms with Crippen LogP contribution >= 0.6 is 43.0 Å². The zero-order valence-corrected chi connectivity index (χ0v) is 16.2. The molecule has 1 aliphatic carbocycles. The van der Waals surface area contributed by atoms with Crippen LogP contribution in [0.15, 0.2) is 0 Å². The molecule has 2 heterocycles. The summed E-state index contributed by atoms with van der Waals surface area (Å²) in [5, 5.41) is 0. The van der Waals surface area contributed by atoms with Crippen molar-refractivity contribution in [3.8, 4) is 0 Å². The quantitative estimate of drug-likeness (QED) is 0.110. The van der Waals surface area contributed by atoms with E-state index in [1.807, 2.05) is 13.8 Å². The summed E-state index contributed by atoms with van der Waals surface area (Å²) in [6, 6.07) is 0. The number of hydrogen-bond acceptors (Lipinski definition) is 5. The van der Waals surface area contributed by atoms with Crippen LogP contribution in [0.5, 0.6) is 0 Å². The van der Waals surface area contributed by atoms with Gasteiger partial charge >= 0.3 is 142 Å². The Kier molecular flexibility index (Phi) is 4.54. The van der Waals surface area contributed by atoms with Crippen molar-refractivity contribution < 1.29 is 14.3 Å². The molecule has 2 N–H and O–H groups in total. The summed E-state index contributed by atoms with van der Waals surface area (Å²) in [6.45, 7) is 4.51. The van der Waals surface area contributed by atoms with E-state index in [2.05, 4.69) is 29.7 Å². The molecule has 0 aromatic heterocycles. The Balaban J connectivity index is 1.61. The molecule has 0 aromatic carbocycles. The van der Waals surface area contributed by atoms with Crippen LogP contribution in [0.4, 0.5) is 0 Å². The second kappa shape index (κ2) is 5.78. The molecule has 3 aliphatic rings. The summed E-state index contributed by atoms with van der Waals surface area (Å²) < 4.78 is 17.7. The molecule has 2 atom stereocenters. The van der Waals surface area contributed by atoms with E-state index in [0.717, 1.165) is 12.8 Å². The fourth-order valence-corrected chi connectivity index (χ4v) is 10.5. The number of halogens is 2. The maximum absolute atomic E-state index is 12.5. The number of hydrogen-bond donors (Lipinski definition) is 2. The van der Waals surface area contributed by atoms with E-state index in [9.17, 15) is 4.79 Å². The minimum absolute atomic E-state index is 0.0715. The Morgan fingerprint density at radius 3 is 2.55 bits per heavy atom. The SMILES string of the molecule is CCOC(OC(=O)C(C)(I)C12NI1N2)C1CCCCC1. The molecular formula is C13H22I2N2O3. The molecule has 0 bridgehead atoms. The summed E-state index contributed by atoms with van der Waals surface area (Å²) in [5.41, 5.74) is 0. The number of esters is 1. The first-order valence-corrected chi connectivity index (χ1v) is 11.6. The molecule has 0 radical (unpaired) electrons. The van der Waals surface area contributed by atoms with E-state index in [1.54, 1.807) is 0 Å². The van der Waals surface area contributed by atoms with Crippen LogP contribution in [0, 0.1) is 5.92 Å². The van der Waals surface area contributed by atoms with E-state index >= 15 is 0 Å². The number of ether oxygens (including phenoxy) is 2. The molecule has 2 aliphatic heterocycles. The molecule has 0 aromatic rings.